The van der Waals surface area contributed by atoms with Crippen molar-refractivity contribution in [1.29, 1.82) is 0 Å². The van der Waals surface area contributed by atoms with E-state index in [1.54, 1.807) is 11.6 Å². The molecule has 0 amide bonds. The lowest BCUT2D eigenvalue weighted by Gasteiger charge is -2.34. The number of fused-ring (bicyclic) bond motifs is 2. The number of pyridine rings is 1. The summed E-state index contributed by atoms with van der Waals surface area (Å²) in [5.74, 6) is -0.700. The van der Waals surface area contributed by atoms with Crippen molar-refractivity contribution in [3.05, 3.63) is 46.2 Å². The summed E-state index contributed by atoms with van der Waals surface area (Å²) in [5.41, 5.74) is 0.762. The summed E-state index contributed by atoms with van der Waals surface area (Å²) in [6.45, 7) is 2.49. The van der Waals surface area contributed by atoms with Gasteiger partial charge < -0.3 is 14.4 Å². The third kappa shape index (κ3) is 2.56. The fraction of sp³-hybridized carbons (Fsp3) is 0.474. The first-order chi connectivity index (χ1) is 12.0. The molecule has 2 fully saturated rings. The van der Waals surface area contributed by atoms with Crippen molar-refractivity contribution >= 4 is 16.9 Å². The molecule has 0 spiro atoms. The van der Waals surface area contributed by atoms with E-state index in [1.165, 1.54) is 0 Å². The zero-order valence-electron chi connectivity index (χ0n) is 14.3. The number of aromatic nitrogens is 1. The van der Waals surface area contributed by atoms with Gasteiger partial charge in [-0.25, -0.2) is 0 Å². The van der Waals surface area contributed by atoms with Crippen molar-refractivity contribution in [3.8, 4) is 0 Å². The highest BCUT2D eigenvalue weighted by atomic mass is 16.5. The minimum Gasteiger partial charge on any atom is -0.481 e. The predicted octanol–water partition coefficient (Wildman–Crippen LogP) is 1.46. The first-order valence-corrected chi connectivity index (χ1v) is 8.62. The maximum absolute atomic E-state index is 12.7. The number of benzene rings is 1. The largest absolute Gasteiger partial charge is 0.481 e. The molecule has 0 unspecified atom stereocenters. The monoisotopic (exact) mass is 342 g/mol. The van der Waals surface area contributed by atoms with Gasteiger partial charge in [0.2, 0.25) is 0 Å². The summed E-state index contributed by atoms with van der Waals surface area (Å²) in [6.07, 6.45) is 0.762. The minimum atomic E-state index is -0.833. The molecule has 6 nitrogen and oxygen atoms in total. The van der Waals surface area contributed by atoms with E-state index in [0.29, 0.717) is 31.8 Å². The Morgan fingerprint density at radius 3 is 2.96 bits per heavy atom. The number of ether oxygens (including phenoxy) is 1. The molecule has 0 radical (unpaired) electrons. The van der Waals surface area contributed by atoms with Crippen molar-refractivity contribution in [1.82, 2.24) is 9.47 Å². The van der Waals surface area contributed by atoms with Gasteiger partial charge in [-0.1, -0.05) is 18.2 Å². The van der Waals surface area contributed by atoms with Crippen LogP contribution in [0.2, 0.25) is 0 Å². The summed E-state index contributed by atoms with van der Waals surface area (Å²) in [6, 6.07) is 9.74. The van der Waals surface area contributed by atoms with Gasteiger partial charge in [0.25, 0.3) is 5.56 Å². The first kappa shape index (κ1) is 16.3. The van der Waals surface area contributed by atoms with Crippen LogP contribution in [0, 0.1) is 11.3 Å². The second-order valence-corrected chi connectivity index (χ2v) is 7.26. The Labute approximate surface area is 145 Å². The zero-order valence-corrected chi connectivity index (χ0v) is 14.3. The molecule has 0 bridgehead atoms. The van der Waals surface area contributed by atoms with Crippen LogP contribution in [0.1, 0.15) is 12.0 Å². The molecule has 0 aliphatic carbocycles. The number of rotatable bonds is 3. The Bertz CT molecular complexity index is 891. The van der Waals surface area contributed by atoms with E-state index in [1.807, 2.05) is 30.3 Å². The highest BCUT2D eigenvalue weighted by Crippen LogP contribution is 2.42. The average molecular weight is 342 g/mol. The third-order valence-corrected chi connectivity index (χ3v) is 5.76. The summed E-state index contributed by atoms with van der Waals surface area (Å²) in [5, 5.41) is 10.8. The van der Waals surface area contributed by atoms with Crippen LogP contribution >= 0.6 is 0 Å². The number of carboxylic acid groups (broad SMARTS) is 1. The lowest BCUT2D eigenvalue weighted by molar-refractivity contribution is -0.159. The zero-order chi connectivity index (χ0) is 17.6. The Morgan fingerprint density at radius 2 is 2.20 bits per heavy atom. The number of nitrogens with zero attached hydrogens (tertiary/aromatic N) is 2. The minimum absolute atomic E-state index is 0.0193. The highest BCUT2D eigenvalue weighted by molar-refractivity contribution is 5.79. The third-order valence-electron chi connectivity index (χ3n) is 5.76. The first-order valence-electron chi connectivity index (χ1n) is 8.62. The molecular weight excluding hydrogens is 320 g/mol. The van der Waals surface area contributed by atoms with Crippen LogP contribution in [0.15, 0.2) is 35.1 Å². The van der Waals surface area contributed by atoms with Gasteiger partial charge in [0.05, 0.1) is 12.1 Å². The van der Waals surface area contributed by atoms with E-state index in [0.717, 1.165) is 17.3 Å². The van der Waals surface area contributed by atoms with E-state index in [2.05, 4.69) is 4.90 Å². The molecular formula is C19H22N2O4. The second kappa shape index (κ2) is 5.97. The molecule has 4 rings (SSSR count). The number of likely N-dealkylation sites (tertiary alicyclic amines) is 1. The van der Waals surface area contributed by atoms with E-state index < -0.39 is 11.4 Å². The number of para-hydroxylation sites is 1. The lowest BCUT2D eigenvalue weighted by atomic mass is 9.76. The molecule has 0 saturated carbocycles. The van der Waals surface area contributed by atoms with Crippen LogP contribution < -0.4 is 5.56 Å². The van der Waals surface area contributed by atoms with E-state index in [4.69, 9.17) is 4.74 Å². The van der Waals surface area contributed by atoms with Gasteiger partial charge >= 0.3 is 5.97 Å². The molecule has 132 valence electrons. The molecule has 2 saturated heterocycles. The topological polar surface area (TPSA) is 71.8 Å². The van der Waals surface area contributed by atoms with Crippen LogP contribution in [-0.2, 0) is 23.1 Å². The summed E-state index contributed by atoms with van der Waals surface area (Å²) < 4.78 is 7.14. The maximum atomic E-state index is 12.7. The maximum Gasteiger partial charge on any atom is 0.313 e. The lowest BCUT2D eigenvalue weighted by Crippen LogP contribution is -2.46. The Kier molecular flexibility index (Phi) is 3.89. The fourth-order valence-electron chi connectivity index (χ4n) is 4.36. The van der Waals surface area contributed by atoms with Crippen molar-refractivity contribution in [3.63, 3.8) is 0 Å². The molecule has 25 heavy (non-hydrogen) atoms. The SMILES string of the molecule is Cn1c(=O)c(CN2C[C@@H]3CCOC[C@]3(C(=O)O)C2)cc2ccccc21. The molecule has 2 aliphatic heterocycles. The number of aryl methyl sites for hydroxylation is 1. The summed E-state index contributed by atoms with van der Waals surface area (Å²) in [4.78, 5) is 26.7. The number of aliphatic carboxylic acids is 1. The Hall–Kier alpha value is -2.18. The number of hydrogen-bond acceptors (Lipinski definition) is 4. The van der Waals surface area contributed by atoms with Crippen molar-refractivity contribution in [2.24, 2.45) is 18.4 Å². The van der Waals surface area contributed by atoms with E-state index in [-0.39, 0.29) is 18.1 Å². The van der Waals surface area contributed by atoms with Crippen LogP contribution in [0.3, 0.4) is 0 Å². The van der Waals surface area contributed by atoms with Crippen molar-refractivity contribution < 1.29 is 14.6 Å². The highest BCUT2D eigenvalue weighted by Gasteiger charge is 2.54. The molecule has 1 N–H and O–H groups in total. The molecule has 1 aromatic carbocycles. The average Bonchev–Trinajstić information content (AvgIpc) is 2.99. The second-order valence-electron chi connectivity index (χ2n) is 7.26. The Balaban J connectivity index is 1.65. The normalized spacial score (nSPS) is 26.7. The molecule has 2 aliphatic rings. The number of carbonyl (C=O) groups is 1. The predicted molar refractivity (Wildman–Crippen MR) is 93.5 cm³/mol. The van der Waals surface area contributed by atoms with Crippen molar-refractivity contribution in [2.75, 3.05) is 26.3 Å². The van der Waals surface area contributed by atoms with Gasteiger partial charge in [0, 0.05) is 38.9 Å². The van der Waals surface area contributed by atoms with E-state index >= 15 is 0 Å². The van der Waals surface area contributed by atoms with Gasteiger partial charge in [-0.2, -0.15) is 0 Å². The molecule has 1 aromatic heterocycles. The molecule has 2 aromatic rings. The standard InChI is InChI=1S/C19H22N2O4/c1-20-16-5-3-2-4-13(16)8-14(17(20)22)9-21-10-15-6-7-25-12-19(15,11-21)18(23)24/h2-5,8,15H,6-7,9-12H2,1H3,(H,23,24)/t15-,19+/m0/s1. The van der Waals surface area contributed by atoms with Crippen LogP contribution in [0.25, 0.3) is 10.9 Å². The Morgan fingerprint density at radius 1 is 1.40 bits per heavy atom. The van der Waals surface area contributed by atoms with E-state index in [9.17, 15) is 14.7 Å². The van der Waals surface area contributed by atoms with Gasteiger partial charge in [0.15, 0.2) is 0 Å². The molecule has 3 heterocycles. The smallest absolute Gasteiger partial charge is 0.313 e. The summed E-state index contributed by atoms with van der Waals surface area (Å²) in [7, 11) is 1.78. The molecule has 2 atom stereocenters. The van der Waals surface area contributed by atoms with Crippen molar-refractivity contribution in [2.45, 2.75) is 13.0 Å². The van der Waals surface area contributed by atoms with Crippen LogP contribution in [0.4, 0.5) is 0 Å². The van der Waals surface area contributed by atoms with Crippen LogP contribution in [-0.4, -0.2) is 46.8 Å². The van der Waals surface area contributed by atoms with Gasteiger partial charge in [0.1, 0.15) is 5.41 Å². The van der Waals surface area contributed by atoms with Crippen LogP contribution in [0.5, 0.6) is 0 Å². The number of carboxylic acids is 1. The summed E-state index contributed by atoms with van der Waals surface area (Å²) >= 11 is 0. The van der Waals surface area contributed by atoms with Gasteiger partial charge in [-0.3, -0.25) is 14.5 Å². The molecule has 6 heteroatoms. The van der Waals surface area contributed by atoms with Gasteiger partial charge in [-0.05, 0) is 29.9 Å². The quantitative estimate of drug-likeness (QED) is 0.914. The number of hydrogen-bond donors (Lipinski definition) is 1. The van der Waals surface area contributed by atoms with Gasteiger partial charge in [-0.15, -0.1) is 0 Å². The fourth-order valence-corrected chi connectivity index (χ4v) is 4.36.